The molecular formula is C13H19ClN4OS. The van der Waals surface area contributed by atoms with Crippen LogP contribution in [0.3, 0.4) is 0 Å². The van der Waals surface area contributed by atoms with Crippen LogP contribution in [0, 0.1) is 5.92 Å². The molecule has 0 spiro atoms. The van der Waals surface area contributed by atoms with Gasteiger partial charge in [-0.2, -0.15) is 5.10 Å². The first-order chi connectivity index (χ1) is 9.33. The van der Waals surface area contributed by atoms with E-state index in [0.717, 1.165) is 25.3 Å². The average molecular weight is 315 g/mol. The van der Waals surface area contributed by atoms with Crippen molar-refractivity contribution in [2.75, 3.05) is 13.1 Å². The molecule has 20 heavy (non-hydrogen) atoms. The zero-order valence-electron chi connectivity index (χ0n) is 11.2. The average Bonchev–Trinajstić information content (AvgIpc) is 3.05. The summed E-state index contributed by atoms with van der Waals surface area (Å²) < 4.78 is 1.77. The fourth-order valence-electron chi connectivity index (χ4n) is 2.57. The topological polar surface area (TPSA) is 62.7 Å². The molecule has 0 bridgehead atoms. The Balaban J connectivity index is 0.00000147. The normalized spacial score (nSPS) is 16.0. The third kappa shape index (κ3) is 3.50. The molecule has 2 N–H and O–H groups in total. The van der Waals surface area contributed by atoms with E-state index in [2.05, 4.69) is 21.6 Å². The number of H-pyrrole nitrogens is 1. The zero-order chi connectivity index (χ0) is 13.1. The molecule has 1 saturated heterocycles. The molecule has 5 nitrogen and oxygen atoms in total. The molecule has 0 unspecified atom stereocenters. The number of rotatable bonds is 4. The Morgan fingerprint density at radius 2 is 2.20 bits per heavy atom. The minimum Gasteiger partial charge on any atom is -0.317 e. The summed E-state index contributed by atoms with van der Waals surface area (Å²) >= 11 is 1.67. The first-order valence-corrected chi connectivity index (χ1v) is 7.58. The van der Waals surface area contributed by atoms with Crippen LogP contribution in [0.5, 0.6) is 0 Å². The second-order valence-electron chi connectivity index (χ2n) is 5.01. The molecule has 0 aromatic carbocycles. The maximum absolute atomic E-state index is 11.8. The Morgan fingerprint density at radius 3 is 2.90 bits per heavy atom. The van der Waals surface area contributed by atoms with Gasteiger partial charge in [0.25, 0.3) is 0 Å². The highest BCUT2D eigenvalue weighted by atomic mass is 35.5. The van der Waals surface area contributed by atoms with Crippen LogP contribution >= 0.6 is 23.7 Å². The van der Waals surface area contributed by atoms with Gasteiger partial charge < -0.3 is 5.32 Å². The number of hydrogen-bond donors (Lipinski definition) is 2. The van der Waals surface area contributed by atoms with E-state index in [9.17, 15) is 4.79 Å². The summed E-state index contributed by atoms with van der Waals surface area (Å²) in [6, 6.07) is 4.07. The van der Waals surface area contributed by atoms with Crippen molar-refractivity contribution in [2.45, 2.75) is 25.8 Å². The van der Waals surface area contributed by atoms with Crippen LogP contribution in [0.2, 0.25) is 0 Å². The third-order valence-electron chi connectivity index (χ3n) is 3.66. The molecule has 3 heterocycles. The van der Waals surface area contributed by atoms with Gasteiger partial charge in [0.05, 0.1) is 6.54 Å². The molecule has 7 heteroatoms. The van der Waals surface area contributed by atoms with Gasteiger partial charge in [-0.05, 0) is 43.3 Å². The molecule has 2 aromatic rings. The van der Waals surface area contributed by atoms with Crippen LogP contribution in [0.1, 0.15) is 23.5 Å². The number of aromatic nitrogens is 3. The highest BCUT2D eigenvalue weighted by Crippen LogP contribution is 2.17. The minimum absolute atomic E-state index is 0. The quantitative estimate of drug-likeness (QED) is 0.902. The Hall–Kier alpha value is -1.11. The molecule has 0 saturated carbocycles. The van der Waals surface area contributed by atoms with Gasteiger partial charge in [0, 0.05) is 11.3 Å². The van der Waals surface area contributed by atoms with Gasteiger partial charge in [-0.3, -0.25) is 4.57 Å². The summed E-state index contributed by atoms with van der Waals surface area (Å²) in [4.78, 5) is 13.0. The van der Waals surface area contributed by atoms with Crippen LogP contribution in [0.25, 0.3) is 0 Å². The first-order valence-electron chi connectivity index (χ1n) is 6.70. The number of thiophene rings is 1. The Bertz CT molecular complexity index is 571. The minimum atomic E-state index is -0.0997. The lowest BCUT2D eigenvalue weighted by atomic mass is 9.94. The van der Waals surface area contributed by atoms with Gasteiger partial charge in [-0.15, -0.1) is 23.7 Å². The van der Waals surface area contributed by atoms with E-state index in [1.54, 1.807) is 15.9 Å². The van der Waals surface area contributed by atoms with Crippen molar-refractivity contribution in [1.82, 2.24) is 20.1 Å². The van der Waals surface area contributed by atoms with Gasteiger partial charge in [-0.25, -0.2) is 9.89 Å². The predicted molar refractivity (Wildman–Crippen MR) is 82.8 cm³/mol. The van der Waals surface area contributed by atoms with E-state index in [-0.39, 0.29) is 18.1 Å². The maximum atomic E-state index is 11.8. The van der Waals surface area contributed by atoms with Gasteiger partial charge in [0.1, 0.15) is 5.82 Å². The summed E-state index contributed by atoms with van der Waals surface area (Å²) in [5, 5.41) is 12.2. The fraction of sp³-hybridized carbons (Fsp3) is 0.538. The highest BCUT2D eigenvalue weighted by molar-refractivity contribution is 7.09. The van der Waals surface area contributed by atoms with Gasteiger partial charge in [-0.1, -0.05) is 6.07 Å². The number of halogens is 1. The summed E-state index contributed by atoms with van der Waals surface area (Å²) in [6.07, 6.45) is 3.23. The molecule has 0 aliphatic carbocycles. The predicted octanol–water partition coefficient (Wildman–Crippen LogP) is 1.65. The van der Waals surface area contributed by atoms with Gasteiger partial charge in [0.2, 0.25) is 0 Å². The van der Waals surface area contributed by atoms with Gasteiger partial charge in [0.15, 0.2) is 0 Å². The molecular weight excluding hydrogens is 296 g/mol. The SMILES string of the molecule is Cl.O=c1[nH]nc(CC2CCNCC2)n1Cc1cccs1. The maximum Gasteiger partial charge on any atom is 0.343 e. The number of nitrogens with zero attached hydrogens (tertiary/aromatic N) is 2. The third-order valence-corrected chi connectivity index (χ3v) is 4.52. The van der Waals surface area contributed by atoms with Crippen LogP contribution in [-0.4, -0.2) is 27.9 Å². The van der Waals surface area contributed by atoms with Crippen LogP contribution in [0.4, 0.5) is 0 Å². The van der Waals surface area contributed by atoms with Crippen molar-refractivity contribution in [3.63, 3.8) is 0 Å². The first kappa shape index (κ1) is 15.3. The van der Waals surface area contributed by atoms with E-state index in [4.69, 9.17) is 0 Å². The van der Waals surface area contributed by atoms with Crippen molar-refractivity contribution in [1.29, 1.82) is 0 Å². The number of aromatic amines is 1. The molecule has 110 valence electrons. The van der Waals surface area contributed by atoms with Crippen molar-refractivity contribution < 1.29 is 0 Å². The largest absolute Gasteiger partial charge is 0.343 e. The van der Waals surface area contributed by atoms with E-state index in [1.165, 1.54) is 17.7 Å². The molecule has 1 aliphatic rings. The van der Waals surface area contributed by atoms with Crippen molar-refractivity contribution in [3.05, 3.63) is 38.7 Å². The zero-order valence-corrected chi connectivity index (χ0v) is 12.8. The van der Waals surface area contributed by atoms with Crippen molar-refractivity contribution >= 4 is 23.7 Å². The van der Waals surface area contributed by atoms with E-state index < -0.39 is 0 Å². The summed E-state index contributed by atoms with van der Waals surface area (Å²) in [5.74, 6) is 1.53. The summed E-state index contributed by atoms with van der Waals surface area (Å²) in [6.45, 7) is 2.78. The number of hydrogen-bond acceptors (Lipinski definition) is 4. The Labute approximate surface area is 127 Å². The Morgan fingerprint density at radius 1 is 1.40 bits per heavy atom. The number of nitrogens with one attached hydrogen (secondary N) is 2. The second kappa shape index (κ2) is 7.06. The van der Waals surface area contributed by atoms with Crippen LogP contribution in [-0.2, 0) is 13.0 Å². The molecule has 0 amide bonds. The molecule has 2 aromatic heterocycles. The summed E-state index contributed by atoms with van der Waals surface area (Å²) in [5.41, 5.74) is -0.0997. The monoisotopic (exact) mass is 314 g/mol. The highest BCUT2D eigenvalue weighted by Gasteiger charge is 2.18. The molecule has 1 aliphatic heterocycles. The smallest absolute Gasteiger partial charge is 0.317 e. The molecule has 3 rings (SSSR count). The lowest BCUT2D eigenvalue weighted by Crippen LogP contribution is -2.29. The van der Waals surface area contributed by atoms with Crippen LogP contribution in [0.15, 0.2) is 22.3 Å². The van der Waals surface area contributed by atoms with Crippen molar-refractivity contribution in [3.8, 4) is 0 Å². The van der Waals surface area contributed by atoms with E-state index in [0.29, 0.717) is 12.5 Å². The van der Waals surface area contributed by atoms with E-state index in [1.807, 2.05) is 11.4 Å². The summed E-state index contributed by atoms with van der Waals surface area (Å²) in [7, 11) is 0. The lowest BCUT2D eigenvalue weighted by molar-refractivity contribution is 0.363. The van der Waals surface area contributed by atoms with E-state index >= 15 is 0 Å². The molecule has 1 fully saturated rings. The van der Waals surface area contributed by atoms with Crippen molar-refractivity contribution in [2.24, 2.45) is 5.92 Å². The lowest BCUT2D eigenvalue weighted by Gasteiger charge is -2.22. The molecule has 0 atom stereocenters. The Kier molecular flexibility index (Phi) is 5.39. The standard InChI is InChI=1S/C13H18N4OS.ClH/c18-13-16-15-12(8-10-3-5-14-6-4-10)17(13)9-11-2-1-7-19-11;/h1-2,7,10,14H,3-6,8-9H2,(H,16,18);1H. The molecule has 0 radical (unpaired) electrons. The van der Waals surface area contributed by atoms with Crippen LogP contribution < -0.4 is 11.0 Å². The van der Waals surface area contributed by atoms with Gasteiger partial charge >= 0.3 is 5.69 Å². The number of piperidine rings is 1. The second-order valence-corrected chi connectivity index (χ2v) is 6.04. The fourth-order valence-corrected chi connectivity index (χ4v) is 3.26.